The number of amides is 2. The SMILES string of the molecule is Cc1cnc(CN2C(=O)C=CC2=O)o1. The molecule has 5 heteroatoms. The normalized spacial score (nSPS) is 15.6. The van der Waals surface area contributed by atoms with Gasteiger partial charge < -0.3 is 4.42 Å². The number of rotatable bonds is 2. The Morgan fingerprint density at radius 3 is 2.50 bits per heavy atom. The maximum absolute atomic E-state index is 11.1. The molecule has 1 aliphatic heterocycles. The Balaban J connectivity index is 2.12. The standard InChI is InChI=1S/C9H8N2O3/c1-6-4-10-7(14-6)5-11-8(12)2-3-9(11)13/h2-4H,5H2,1H3. The molecule has 14 heavy (non-hydrogen) atoms. The number of aromatic nitrogens is 1. The molecule has 2 amide bonds. The van der Waals surface area contributed by atoms with Gasteiger partial charge in [0.1, 0.15) is 12.3 Å². The van der Waals surface area contributed by atoms with E-state index in [1.807, 2.05) is 0 Å². The predicted molar refractivity (Wildman–Crippen MR) is 45.9 cm³/mol. The molecule has 0 aromatic carbocycles. The van der Waals surface area contributed by atoms with Gasteiger partial charge in [-0.05, 0) is 6.92 Å². The zero-order chi connectivity index (χ0) is 10.1. The first-order valence-electron chi connectivity index (χ1n) is 4.11. The Bertz CT molecular complexity index is 401. The Kier molecular flexibility index (Phi) is 1.92. The van der Waals surface area contributed by atoms with E-state index in [9.17, 15) is 9.59 Å². The largest absolute Gasteiger partial charge is 0.444 e. The second-order valence-corrected chi connectivity index (χ2v) is 2.96. The van der Waals surface area contributed by atoms with Gasteiger partial charge in [-0.1, -0.05) is 0 Å². The second kappa shape index (κ2) is 3.10. The molecule has 0 fully saturated rings. The molecule has 0 radical (unpaired) electrons. The van der Waals surface area contributed by atoms with Gasteiger partial charge >= 0.3 is 0 Å². The van der Waals surface area contributed by atoms with Crippen LogP contribution < -0.4 is 0 Å². The summed E-state index contributed by atoms with van der Waals surface area (Å²) in [5.41, 5.74) is 0. The molecule has 0 aliphatic carbocycles. The van der Waals surface area contributed by atoms with Crippen LogP contribution in [-0.2, 0) is 16.1 Å². The van der Waals surface area contributed by atoms with Crippen LogP contribution in [0.15, 0.2) is 22.8 Å². The summed E-state index contributed by atoms with van der Waals surface area (Å²) in [6.45, 7) is 1.85. The number of aryl methyl sites for hydroxylation is 1. The van der Waals surface area contributed by atoms with Crippen molar-refractivity contribution in [3.8, 4) is 0 Å². The molecular weight excluding hydrogens is 184 g/mol. The highest BCUT2D eigenvalue weighted by molar-refractivity contribution is 6.12. The molecule has 5 nitrogen and oxygen atoms in total. The smallest absolute Gasteiger partial charge is 0.254 e. The van der Waals surface area contributed by atoms with E-state index in [2.05, 4.69) is 4.98 Å². The van der Waals surface area contributed by atoms with Crippen LogP contribution in [0.5, 0.6) is 0 Å². The van der Waals surface area contributed by atoms with Gasteiger partial charge in [-0.2, -0.15) is 0 Å². The lowest BCUT2D eigenvalue weighted by Crippen LogP contribution is -2.29. The molecule has 2 heterocycles. The van der Waals surface area contributed by atoms with Crippen LogP contribution in [0.1, 0.15) is 11.7 Å². The average molecular weight is 192 g/mol. The molecule has 0 unspecified atom stereocenters. The first-order valence-corrected chi connectivity index (χ1v) is 4.11. The fourth-order valence-corrected chi connectivity index (χ4v) is 1.20. The van der Waals surface area contributed by atoms with Gasteiger partial charge in [0.15, 0.2) is 0 Å². The topological polar surface area (TPSA) is 63.4 Å². The van der Waals surface area contributed by atoms with Gasteiger partial charge in [0.05, 0.1) is 6.20 Å². The lowest BCUT2D eigenvalue weighted by Gasteiger charge is -2.09. The number of carbonyl (C=O) groups is 2. The highest BCUT2D eigenvalue weighted by atomic mass is 16.4. The Hall–Kier alpha value is -1.91. The lowest BCUT2D eigenvalue weighted by molar-refractivity contribution is -0.137. The predicted octanol–water partition coefficient (Wildman–Crippen LogP) is 0.408. The summed E-state index contributed by atoms with van der Waals surface area (Å²) in [5, 5.41) is 0. The molecule has 0 saturated carbocycles. The van der Waals surface area contributed by atoms with E-state index < -0.39 is 0 Å². The fourth-order valence-electron chi connectivity index (χ4n) is 1.20. The van der Waals surface area contributed by atoms with E-state index in [1.54, 1.807) is 13.1 Å². The van der Waals surface area contributed by atoms with Crippen molar-refractivity contribution >= 4 is 11.8 Å². The van der Waals surface area contributed by atoms with Crippen molar-refractivity contribution < 1.29 is 14.0 Å². The van der Waals surface area contributed by atoms with E-state index in [0.29, 0.717) is 11.7 Å². The summed E-state index contributed by atoms with van der Waals surface area (Å²) < 4.78 is 5.16. The quantitative estimate of drug-likeness (QED) is 0.636. The minimum absolute atomic E-state index is 0.0957. The third kappa shape index (κ3) is 1.44. The van der Waals surface area contributed by atoms with Gasteiger partial charge in [0, 0.05) is 12.2 Å². The summed E-state index contributed by atoms with van der Waals surface area (Å²) in [7, 11) is 0. The maximum atomic E-state index is 11.1. The molecule has 1 aromatic heterocycles. The summed E-state index contributed by atoms with van der Waals surface area (Å²) in [6.07, 6.45) is 4.02. The van der Waals surface area contributed by atoms with Crippen molar-refractivity contribution in [1.29, 1.82) is 0 Å². The van der Waals surface area contributed by atoms with Crippen molar-refractivity contribution in [3.05, 3.63) is 30.0 Å². The molecule has 0 spiro atoms. The molecule has 1 aromatic rings. The van der Waals surface area contributed by atoms with Crippen molar-refractivity contribution in [3.63, 3.8) is 0 Å². The van der Waals surface area contributed by atoms with Gasteiger partial charge in [-0.3, -0.25) is 14.5 Å². The molecule has 72 valence electrons. The molecule has 0 bridgehead atoms. The van der Waals surface area contributed by atoms with Gasteiger partial charge in [-0.15, -0.1) is 0 Å². The van der Waals surface area contributed by atoms with Crippen LogP contribution >= 0.6 is 0 Å². The summed E-state index contributed by atoms with van der Waals surface area (Å²) >= 11 is 0. The van der Waals surface area contributed by atoms with Crippen LogP contribution in [0, 0.1) is 6.92 Å². The number of imide groups is 1. The Labute approximate surface area is 80.0 Å². The molecule has 1 aliphatic rings. The van der Waals surface area contributed by atoms with Gasteiger partial charge in [-0.25, -0.2) is 4.98 Å². The third-order valence-corrected chi connectivity index (χ3v) is 1.86. The molecule has 0 atom stereocenters. The van der Waals surface area contributed by atoms with E-state index in [1.165, 1.54) is 12.2 Å². The molecule has 0 saturated heterocycles. The van der Waals surface area contributed by atoms with Crippen molar-refractivity contribution in [2.24, 2.45) is 0 Å². The minimum Gasteiger partial charge on any atom is -0.444 e. The van der Waals surface area contributed by atoms with Crippen molar-refractivity contribution in [2.45, 2.75) is 13.5 Å². The maximum Gasteiger partial charge on any atom is 0.254 e. The van der Waals surface area contributed by atoms with Crippen LogP contribution in [0.4, 0.5) is 0 Å². The zero-order valence-electron chi connectivity index (χ0n) is 7.56. The monoisotopic (exact) mass is 192 g/mol. The van der Waals surface area contributed by atoms with Crippen LogP contribution in [0.3, 0.4) is 0 Å². The Morgan fingerprint density at radius 2 is 2.00 bits per heavy atom. The van der Waals surface area contributed by atoms with Crippen molar-refractivity contribution in [1.82, 2.24) is 9.88 Å². The average Bonchev–Trinajstić information content (AvgIpc) is 2.67. The molecular formula is C9H8N2O3. The zero-order valence-corrected chi connectivity index (χ0v) is 7.56. The minimum atomic E-state index is -0.328. The highest BCUT2D eigenvalue weighted by Gasteiger charge is 2.24. The number of hydrogen-bond acceptors (Lipinski definition) is 4. The number of oxazole rings is 1. The highest BCUT2D eigenvalue weighted by Crippen LogP contribution is 2.10. The van der Waals surface area contributed by atoms with Gasteiger partial charge in [0.2, 0.25) is 5.89 Å². The summed E-state index contributed by atoms with van der Waals surface area (Å²) in [5.74, 6) is 0.372. The first-order chi connectivity index (χ1) is 6.66. The molecule has 2 rings (SSSR count). The second-order valence-electron chi connectivity index (χ2n) is 2.96. The third-order valence-electron chi connectivity index (χ3n) is 1.86. The van der Waals surface area contributed by atoms with Crippen LogP contribution in [0.25, 0.3) is 0 Å². The number of hydrogen-bond donors (Lipinski definition) is 0. The summed E-state index contributed by atoms with van der Waals surface area (Å²) in [4.78, 5) is 27.3. The van der Waals surface area contributed by atoms with E-state index in [0.717, 1.165) is 4.90 Å². The van der Waals surface area contributed by atoms with Gasteiger partial charge in [0.25, 0.3) is 11.8 Å². The van der Waals surface area contributed by atoms with E-state index in [-0.39, 0.29) is 18.4 Å². The van der Waals surface area contributed by atoms with E-state index in [4.69, 9.17) is 4.42 Å². The summed E-state index contributed by atoms with van der Waals surface area (Å²) in [6, 6.07) is 0. The fraction of sp³-hybridized carbons (Fsp3) is 0.222. The van der Waals surface area contributed by atoms with Crippen LogP contribution in [0.2, 0.25) is 0 Å². The van der Waals surface area contributed by atoms with Crippen LogP contribution in [-0.4, -0.2) is 21.7 Å². The Morgan fingerprint density at radius 1 is 1.36 bits per heavy atom. The number of carbonyl (C=O) groups excluding carboxylic acids is 2. The van der Waals surface area contributed by atoms with Crippen molar-refractivity contribution in [2.75, 3.05) is 0 Å². The number of nitrogens with zero attached hydrogens (tertiary/aromatic N) is 2. The molecule has 0 N–H and O–H groups in total. The lowest BCUT2D eigenvalue weighted by atomic mass is 10.5. The first kappa shape index (κ1) is 8.68. The van der Waals surface area contributed by atoms with E-state index >= 15 is 0 Å².